The summed E-state index contributed by atoms with van der Waals surface area (Å²) >= 11 is 0. The molecule has 0 fully saturated rings. The average Bonchev–Trinajstić information content (AvgIpc) is 2.16. The van der Waals surface area contributed by atoms with E-state index >= 15 is 0 Å². The Morgan fingerprint density at radius 2 is 1.83 bits per heavy atom. The first-order valence-electron chi connectivity index (χ1n) is 5.43. The Balaban J connectivity index is 0.00000289. The van der Waals surface area contributed by atoms with E-state index in [0.29, 0.717) is 11.3 Å². The molecule has 0 aliphatic rings. The van der Waals surface area contributed by atoms with Gasteiger partial charge in [-0.15, -0.1) is 12.4 Å². The van der Waals surface area contributed by atoms with Gasteiger partial charge in [0.05, 0.1) is 11.2 Å². The summed E-state index contributed by atoms with van der Waals surface area (Å²) in [6.07, 6.45) is 1.44. The van der Waals surface area contributed by atoms with Crippen LogP contribution in [0.25, 0.3) is 0 Å². The van der Waals surface area contributed by atoms with E-state index in [2.05, 4.69) is 4.98 Å². The summed E-state index contributed by atoms with van der Waals surface area (Å²) < 4.78 is 5.45. The molecule has 7 heteroatoms. The highest BCUT2D eigenvalue weighted by Crippen LogP contribution is 2.25. The zero-order valence-electron chi connectivity index (χ0n) is 11.0. The molecular formula is C11H20BClN2O3. The van der Waals surface area contributed by atoms with Crippen LogP contribution < -0.4 is 11.2 Å². The summed E-state index contributed by atoms with van der Waals surface area (Å²) in [7, 11) is -1.15. The van der Waals surface area contributed by atoms with Crippen LogP contribution in [0.3, 0.4) is 0 Å². The van der Waals surface area contributed by atoms with E-state index in [-0.39, 0.29) is 12.4 Å². The number of pyridine rings is 1. The molecule has 102 valence electrons. The second-order valence-electron chi connectivity index (χ2n) is 5.06. The van der Waals surface area contributed by atoms with Crippen molar-refractivity contribution in [1.82, 2.24) is 4.98 Å². The van der Waals surface area contributed by atoms with Gasteiger partial charge in [0.2, 0.25) is 0 Å². The second-order valence-corrected chi connectivity index (χ2v) is 5.06. The Hall–Kier alpha value is -0.815. The Morgan fingerprint density at radius 1 is 1.28 bits per heavy atom. The second kappa shape index (κ2) is 5.88. The number of halogens is 1. The molecule has 1 aromatic heterocycles. The molecule has 0 bridgehead atoms. The van der Waals surface area contributed by atoms with Gasteiger partial charge in [-0.3, -0.25) is 0 Å². The van der Waals surface area contributed by atoms with Crippen molar-refractivity contribution >= 4 is 30.8 Å². The van der Waals surface area contributed by atoms with E-state index in [1.807, 2.05) is 0 Å². The highest BCUT2D eigenvalue weighted by Gasteiger charge is 2.39. The minimum atomic E-state index is -1.15. The number of anilines is 1. The van der Waals surface area contributed by atoms with E-state index in [0.717, 1.165) is 0 Å². The minimum absolute atomic E-state index is 0. The fourth-order valence-electron chi connectivity index (χ4n) is 1.05. The van der Waals surface area contributed by atoms with E-state index in [9.17, 15) is 10.1 Å². The van der Waals surface area contributed by atoms with Crippen LogP contribution in [0.15, 0.2) is 18.3 Å². The van der Waals surface area contributed by atoms with Crippen LogP contribution in [0.4, 0.5) is 5.82 Å². The van der Waals surface area contributed by atoms with Gasteiger partial charge in [0.15, 0.2) is 0 Å². The third kappa shape index (κ3) is 4.13. The standard InChI is InChI=1S/C11H19BN2O3.ClH/c1-10(2,15)11(3,4)17-12(16)8-5-6-9(13)14-7-8;/h5-7,15-16H,1-4H3,(H2,13,14);1H. The maximum atomic E-state index is 9.91. The highest BCUT2D eigenvalue weighted by molar-refractivity contribution is 6.60. The summed E-state index contributed by atoms with van der Waals surface area (Å²) in [4.78, 5) is 3.87. The summed E-state index contributed by atoms with van der Waals surface area (Å²) in [5.74, 6) is 0.377. The smallest absolute Gasteiger partial charge is 0.423 e. The van der Waals surface area contributed by atoms with E-state index in [1.165, 1.54) is 6.20 Å². The van der Waals surface area contributed by atoms with Gasteiger partial charge in [-0.2, -0.15) is 0 Å². The molecule has 0 aromatic carbocycles. The topological polar surface area (TPSA) is 88.6 Å². The fourth-order valence-corrected chi connectivity index (χ4v) is 1.05. The third-order valence-corrected chi connectivity index (χ3v) is 2.97. The molecule has 0 saturated heterocycles. The number of hydrogen-bond acceptors (Lipinski definition) is 5. The monoisotopic (exact) mass is 274 g/mol. The lowest BCUT2D eigenvalue weighted by atomic mass is 9.77. The predicted octanol–water partition coefficient (Wildman–Crippen LogP) is 0.339. The summed E-state index contributed by atoms with van der Waals surface area (Å²) in [5.41, 5.74) is 3.98. The van der Waals surface area contributed by atoms with Gasteiger partial charge in [-0.1, -0.05) is 6.07 Å². The molecule has 0 radical (unpaired) electrons. The van der Waals surface area contributed by atoms with Crippen molar-refractivity contribution in [3.63, 3.8) is 0 Å². The third-order valence-electron chi connectivity index (χ3n) is 2.97. The number of nitrogens with two attached hydrogens (primary N) is 1. The first-order chi connectivity index (χ1) is 7.63. The number of nitrogens with zero attached hydrogens (tertiary/aromatic N) is 1. The van der Waals surface area contributed by atoms with Gasteiger partial charge >= 0.3 is 7.12 Å². The Kier molecular flexibility index (Phi) is 5.62. The fraction of sp³-hybridized carbons (Fsp3) is 0.545. The number of nitrogen functional groups attached to an aromatic ring is 1. The zero-order chi connectivity index (χ0) is 13.3. The van der Waals surface area contributed by atoms with E-state index in [1.54, 1.807) is 39.8 Å². The molecule has 1 aromatic rings. The molecule has 0 spiro atoms. The van der Waals surface area contributed by atoms with Crippen molar-refractivity contribution in [2.45, 2.75) is 38.9 Å². The van der Waals surface area contributed by atoms with Gasteiger partial charge in [0, 0.05) is 11.7 Å². The van der Waals surface area contributed by atoms with Crippen molar-refractivity contribution in [1.29, 1.82) is 0 Å². The molecular weight excluding hydrogens is 254 g/mol. The molecule has 1 heterocycles. The van der Waals surface area contributed by atoms with Crippen molar-refractivity contribution in [2.75, 3.05) is 5.73 Å². The SMILES string of the molecule is CC(C)(O)C(C)(C)OB(O)c1ccc(N)nc1.Cl. The number of rotatable bonds is 4. The van der Waals surface area contributed by atoms with Crippen LogP contribution in [0, 0.1) is 0 Å². The van der Waals surface area contributed by atoms with Crippen LogP contribution >= 0.6 is 12.4 Å². The minimum Gasteiger partial charge on any atom is -0.423 e. The first kappa shape index (κ1) is 17.2. The molecule has 4 N–H and O–H groups in total. The molecule has 0 atom stereocenters. The lowest BCUT2D eigenvalue weighted by molar-refractivity contribution is -0.0982. The first-order valence-corrected chi connectivity index (χ1v) is 5.43. The van der Waals surface area contributed by atoms with Gasteiger partial charge in [-0.05, 0) is 33.8 Å². The molecule has 1 rings (SSSR count). The maximum Gasteiger partial charge on any atom is 0.493 e. The lowest BCUT2D eigenvalue weighted by Gasteiger charge is -2.38. The van der Waals surface area contributed by atoms with Gasteiger partial charge in [0.1, 0.15) is 5.82 Å². The lowest BCUT2D eigenvalue weighted by Crippen LogP contribution is -2.53. The normalized spacial score (nSPS) is 11.9. The zero-order valence-corrected chi connectivity index (χ0v) is 11.9. The van der Waals surface area contributed by atoms with Crippen LogP contribution in [0.1, 0.15) is 27.7 Å². The van der Waals surface area contributed by atoms with Crippen LogP contribution in [0.5, 0.6) is 0 Å². The molecule has 0 saturated carbocycles. The largest absolute Gasteiger partial charge is 0.493 e. The number of aromatic nitrogens is 1. The van der Waals surface area contributed by atoms with Crippen LogP contribution in [0.2, 0.25) is 0 Å². The average molecular weight is 275 g/mol. The van der Waals surface area contributed by atoms with Crippen molar-refractivity contribution in [3.8, 4) is 0 Å². The molecule has 0 unspecified atom stereocenters. The predicted molar refractivity (Wildman–Crippen MR) is 75.0 cm³/mol. The highest BCUT2D eigenvalue weighted by atomic mass is 35.5. The van der Waals surface area contributed by atoms with Crippen LogP contribution in [-0.4, -0.2) is 33.4 Å². The molecule has 18 heavy (non-hydrogen) atoms. The number of aliphatic hydroxyl groups is 1. The number of hydrogen-bond donors (Lipinski definition) is 3. The summed E-state index contributed by atoms with van der Waals surface area (Å²) in [6, 6.07) is 3.21. The van der Waals surface area contributed by atoms with Gasteiger partial charge in [0.25, 0.3) is 0 Å². The van der Waals surface area contributed by atoms with Crippen LogP contribution in [-0.2, 0) is 4.65 Å². The van der Waals surface area contributed by atoms with Crippen molar-refractivity contribution in [3.05, 3.63) is 18.3 Å². The van der Waals surface area contributed by atoms with E-state index < -0.39 is 18.3 Å². The quantitative estimate of drug-likeness (QED) is 0.689. The van der Waals surface area contributed by atoms with Crippen molar-refractivity contribution in [2.24, 2.45) is 0 Å². The summed E-state index contributed by atoms with van der Waals surface area (Å²) in [5, 5.41) is 19.8. The Bertz CT molecular complexity index is 379. The van der Waals surface area contributed by atoms with E-state index in [4.69, 9.17) is 10.4 Å². The molecule has 0 amide bonds. The van der Waals surface area contributed by atoms with Gasteiger partial charge < -0.3 is 20.5 Å². The molecule has 0 aliphatic heterocycles. The van der Waals surface area contributed by atoms with Gasteiger partial charge in [-0.25, -0.2) is 4.98 Å². The van der Waals surface area contributed by atoms with Crippen molar-refractivity contribution < 1.29 is 14.8 Å². The Labute approximate surface area is 114 Å². The summed E-state index contributed by atoms with van der Waals surface area (Å²) in [6.45, 7) is 6.67. The Morgan fingerprint density at radius 3 is 2.22 bits per heavy atom. The molecule has 0 aliphatic carbocycles. The maximum absolute atomic E-state index is 9.91. The molecule has 5 nitrogen and oxygen atoms in total.